The number of hydrogen-bond donors (Lipinski definition) is 1. The van der Waals surface area contributed by atoms with Gasteiger partial charge in [0.15, 0.2) is 0 Å². The molecule has 5 rings (SSSR count). The van der Waals surface area contributed by atoms with Crippen molar-refractivity contribution in [2.45, 2.75) is 45.1 Å². The van der Waals surface area contributed by atoms with E-state index in [1.165, 1.54) is 10.5 Å². The van der Waals surface area contributed by atoms with Gasteiger partial charge in [-0.3, -0.25) is 4.79 Å². The normalized spacial score (nSPS) is 23.2. The number of fused-ring (bicyclic) bond motifs is 5. The summed E-state index contributed by atoms with van der Waals surface area (Å²) in [6.45, 7) is 7.49. The van der Waals surface area contributed by atoms with Crippen molar-refractivity contribution < 1.29 is 14.3 Å². The van der Waals surface area contributed by atoms with Gasteiger partial charge in [0.05, 0.1) is 17.4 Å². The number of ether oxygens (including phenoxy) is 1. The first-order valence-corrected chi connectivity index (χ1v) is 11.4. The van der Waals surface area contributed by atoms with Crippen molar-refractivity contribution in [3.63, 3.8) is 0 Å². The van der Waals surface area contributed by atoms with Crippen LogP contribution in [0.15, 0.2) is 42.7 Å². The van der Waals surface area contributed by atoms with Gasteiger partial charge in [-0.15, -0.1) is 0 Å². The molecule has 0 unspecified atom stereocenters. The Labute approximate surface area is 193 Å². The minimum Gasteiger partial charge on any atom is -0.410 e. The molecule has 1 aromatic heterocycles. The van der Waals surface area contributed by atoms with Gasteiger partial charge in [-0.2, -0.15) is 0 Å². The molecule has 1 aliphatic heterocycles. The fraction of sp³-hybridized carbons (Fsp3) is 0.423. The van der Waals surface area contributed by atoms with Crippen LogP contribution < -0.4 is 4.74 Å². The lowest BCUT2D eigenvalue weighted by Gasteiger charge is -2.60. The first kappa shape index (κ1) is 21.5. The van der Waals surface area contributed by atoms with Gasteiger partial charge < -0.3 is 19.5 Å². The van der Waals surface area contributed by atoms with Crippen LogP contribution in [0.4, 0.5) is 4.79 Å². The number of hydrogen-bond acceptors (Lipinski definition) is 4. The SMILES string of the molecule is CN(C)C(=O)Oc1cccc2c1C[C@H]1N(C(=O)c3ccc4nc[nH]c4c3)CC[C@]2(C)C1(C)C. The summed E-state index contributed by atoms with van der Waals surface area (Å²) >= 11 is 0. The van der Waals surface area contributed by atoms with Crippen molar-refractivity contribution in [1.29, 1.82) is 0 Å². The number of nitrogens with zero attached hydrogens (tertiary/aromatic N) is 3. The Kier molecular flexibility index (Phi) is 4.78. The van der Waals surface area contributed by atoms with Gasteiger partial charge in [-0.05, 0) is 48.1 Å². The van der Waals surface area contributed by atoms with Crippen LogP contribution in [0, 0.1) is 5.41 Å². The summed E-state index contributed by atoms with van der Waals surface area (Å²) in [5, 5.41) is 0. The molecule has 33 heavy (non-hydrogen) atoms. The van der Waals surface area contributed by atoms with Gasteiger partial charge in [0, 0.05) is 43.2 Å². The zero-order valence-electron chi connectivity index (χ0n) is 19.8. The quantitative estimate of drug-likeness (QED) is 0.634. The van der Waals surface area contributed by atoms with Crippen LogP contribution in [0.1, 0.15) is 48.7 Å². The minimum absolute atomic E-state index is 0.0204. The van der Waals surface area contributed by atoms with Crippen LogP contribution in [0.5, 0.6) is 5.75 Å². The molecule has 2 atom stereocenters. The zero-order valence-corrected chi connectivity index (χ0v) is 19.8. The molecular weight excluding hydrogens is 416 g/mol. The highest BCUT2D eigenvalue weighted by molar-refractivity contribution is 5.97. The van der Waals surface area contributed by atoms with E-state index in [2.05, 4.69) is 36.8 Å². The van der Waals surface area contributed by atoms with E-state index in [1.54, 1.807) is 20.4 Å². The molecule has 7 nitrogen and oxygen atoms in total. The van der Waals surface area contributed by atoms with Crippen molar-refractivity contribution in [3.8, 4) is 5.75 Å². The second kappa shape index (κ2) is 7.33. The fourth-order valence-corrected chi connectivity index (χ4v) is 5.67. The van der Waals surface area contributed by atoms with E-state index in [4.69, 9.17) is 4.74 Å². The molecule has 0 radical (unpaired) electrons. The largest absolute Gasteiger partial charge is 0.414 e. The van der Waals surface area contributed by atoms with Crippen molar-refractivity contribution in [2.24, 2.45) is 5.41 Å². The number of carbonyl (C=O) groups excluding carboxylic acids is 2. The summed E-state index contributed by atoms with van der Waals surface area (Å²) in [6.07, 6.45) is 2.73. The average Bonchev–Trinajstić information content (AvgIpc) is 3.24. The lowest BCUT2D eigenvalue weighted by atomic mass is 9.51. The molecule has 0 saturated carbocycles. The molecule has 1 saturated heterocycles. The lowest BCUT2D eigenvalue weighted by molar-refractivity contribution is -0.0266. The number of H-pyrrole nitrogens is 1. The van der Waals surface area contributed by atoms with Crippen molar-refractivity contribution >= 4 is 23.0 Å². The molecule has 7 heteroatoms. The first-order chi connectivity index (χ1) is 15.6. The molecule has 1 aliphatic carbocycles. The summed E-state index contributed by atoms with van der Waals surface area (Å²) in [5.74, 6) is 0.615. The molecule has 3 aromatic rings. The number of benzene rings is 2. The topological polar surface area (TPSA) is 78.5 Å². The third-order valence-corrected chi connectivity index (χ3v) is 8.10. The molecule has 172 valence electrons. The Bertz CT molecular complexity index is 1260. The third kappa shape index (κ3) is 3.13. The Morgan fingerprint density at radius 1 is 1.18 bits per heavy atom. The molecule has 1 fully saturated rings. The van der Waals surface area contributed by atoms with Crippen molar-refractivity contribution in [3.05, 3.63) is 59.4 Å². The molecule has 2 heterocycles. The lowest BCUT2D eigenvalue weighted by Crippen LogP contribution is -2.64. The molecular formula is C26H30N4O3. The van der Waals surface area contributed by atoms with Gasteiger partial charge in [-0.25, -0.2) is 9.78 Å². The van der Waals surface area contributed by atoms with E-state index in [0.29, 0.717) is 24.3 Å². The third-order valence-electron chi connectivity index (χ3n) is 8.10. The highest BCUT2D eigenvalue weighted by Gasteiger charge is 2.57. The molecule has 2 aliphatic rings. The maximum absolute atomic E-state index is 13.7. The van der Waals surface area contributed by atoms with E-state index in [1.807, 2.05) is 35.2 Å². The molecule has 2 aromatic carbocycles. The average molecular weight is 447 g/mol. The summed E-state index contributed by atoms with van der Waals surface area (Å²) in [7, 11) is 3.35. The number of aromatic nitrogens is 2. The minimum atomic E-state index is -0.399. The van der Waals surface area contributed by atoms with Crippen LogP contribution in [0.3, 0.4) is 0 Å². The Morgan fingerprint density at radius 2 is 1.97 bits per heavy atom. The van der Waals surface area contributed by atoms with Crippen LogP contribution in [0.2, 0.25) is 0 Å². The summed E-state index contributed by atoms with van der Waals surface area (Å²) in [4.78, 5) is 36.9. The Balaban J connectivity index is 1.55. The molecule has 0 spiro atoms. The van der Waals surface area contributed by atoms with Crippen LogP contribution in [0.25, 0.3) is 11.0 Å². The summed E-state index contributed by atoms with van der Waals surface area (Å²) in [6, 6.07) is 11.6. The number of nitrogens with one attached hydrogen (secondary N) is 1. The molecule has 2 amide bonds. The predicted octanol–water partition coefficient (Wildman–Crippen LogP) is 4.38. The number of rotatable bonds is 2. The monoisotopic (exact) mass is 446 g/mol. The molecule has 1 N–H and O–H groups in total. The van der Waals surface area contributed by atoms with E-state index < -0.39 is 6.09 Å². The van der Waals surface area contributed by atoms with Crippen LogP contribution in [-0.4, -0.2) is 58.5 Å². The number of likely N-dealkylation sites (tertiary alicyclic amines) is 1. The Morgan fingerprint density at radius 3 is 2.73 bits per heavy atom. The maximum Gasteiger partial charge on any atom is 0.414 e. The van der Waals surface area contributed by atoms with Gasteiger partial charge in [-0.1, -0.05) is 32.9 Å². The summed E-state index contributed by atoms with van der Waals surface area (Å²) < 4.78 is 5.74. The van der Waals surface area contributed by atoms with E-state index >= 15 is 0 Å². The highest BCUT2D eigenvalue weighted by Crippen LogP contribution is 2.57. The smallest absolute Gasteiger partial charge is 0.410 e. The van der Waals surface area contributed by atoms with Crippen LogP contribution >= 0.6 is 0 Å². The van der Waals surface area contributed by atoms with Gasteiger partial charge in [0.25, 0.3) is 5.91 Å². The number of imidazole rings is 1. The van der Waals surface area contributed by atoms with Gasteiger partial charge in [0.1, 0.15) is 5.75 Å². The van der Waals surface area contributed by atoms with Gasteiger partial charge in [0.2, 0.25) is 0 Å². The van der Waals surface area contributed by atoms with E-state index in [9.17, 15) is 9.59 Å². The second-order valence-corrected chi connectivity index (χ2v) is 10.2. The standard InChI is InChI=1S/C26H30N4O3/c1-25(2)22-14-17-18(7-6-8-21(17)33-24(32)29(4)5)26(25,3)11-12-30(22)23(31)16-9-10-19-20(13-16)28-15-27-19/h6-10,13,15,22H,11-12,14H2,1-5H3,(H,27,28)/t22-,26+/m1/s1. The highest BCUT2D eigenvalue weighted by atomic mass is 16.6. The van der Waals surface area contributed by atoms with Crippen molar-refractivity contribution in [1.82, 2.24) is 19.8 Å². The number of piperidine rings is 1. The Hall–Kier alpha value is -3.35. The number of aromatic amines is 1. The number of amides is 2. The second-order valence-electron chi connectivity index (χ2n) is 10.2. The van der Waals surface area contributed by atoms with Crippen LogP contribution in [-0.2, 0) is 11.8 Å². The maximum atomic E-state index is 13.7. The zero-order chi connectivity index (χ0) is 23.5. The predicted molar refractivity (Wildman–Crippen MR) is 127 cm³/mol. The fourth-order valence-electron chi connectivity index (χ4n) is 5.67. The number of carbonyl (C=O) groups is 2. The molecule has 2 bridgehead atoms. The van der Waals surface area contributed by atoms with Gasteiger partial charge >= 0.3 is 6.09 Å². The van der Waals surface area contributed by atoms with E-state index in [-0.39, 0.29) is 22.8 Å². The van der Waals surface area contributed by atoms with E-state index in [0.717, 1.165) is 23.0 Å². The first-order valence-electron chi connectivity index (χ1n) is 11.4. The summed E-state index contributed by atoms with van der Waals surface area (Å²) in [5.41, 5.74) is 4.31. The van der Waals surface area contributed by atoms with Crippen molar-refractivity contribution in [2.75, 3.05) is 20.6 Å².